The summed E-state index contributed by atoms with van der Waals surface area (Å²) >= 11 is 0. The second-order valence-electron chi connectivity index (χ2n) is 5.80. The summed E-state index contributed by atoms with van der Waals surface area (Å²) in [4.78, 5) is 30.7. The molecule has 0 spiro atoms. The largest absolute Gasteiger partial charge is 0.494 e. The lowest BCUT2D eigenvalue weighted by Gasteiger charge is -2.11. The molecule has 0 aliphatic heterocycles. The van der Waals surface area contributed by atoms with Crippen LogP contribution in [0.2, 0.25) is 0 Å². The van der Waals surface area contributed by atoms with Crippen LogP contribution in [0.4, 0.5) is 21.7 Å². The van der Waals surface area contributed by atoms with E-state index in [1.54, 1.807) is 24.3 Å². The van der Waals surface area contributed by atoms with Crippen molar-refractivity contribution in [3.05, 3.63) is 75.1 Å². The summed E-state index contributed by atoms with van der Waals surface area (Å²) in [5.41, 5.74) is 0.252. The van der Waals surface area contributed by atoms with Crippen molar-refractivity contribution < 1.29 is 18.5 Å². The number of methoxy groups -OCH3 is 1. The van der Waals surface area contributed by atoms with Crippen LogP contribution in [-0.4, -0.2) is 26.6 Å². The summed E-state index contributed by atoms with van der Waals surface area (Å²) in [7, 11) is 1.29. The Morgan fingerprint density at radius 3 is 2.83 bits per heavy atom. The molecular weight excluding hydrogens is 385 g/mol. The second kappa shape index (κ2) is 7.03. The molecule has 146 valence electrons. The van der Waals surface area contributed by atoms with Crippen LogP contribution in [0, 0.1) is 15.9 Å². The van der Waals surface area contributed by atoms with Gasteiger partial charge in [-0.15, -0.1) is 0 Å². The standard InChI is InChI=1S/C18H12FN5O5/c1-28-15-8-10(19)13(24(26)27)9-11(15)21-17-20-7-6-16(22-17)23-12-4-2-3-5-14(12)29-18(23)25/h2-9H,1H3,(H,20,21,22). The van der Waals surface area contributed by atoms with Crippen molar-refractivity contribution in [2.45, 2.75) is 0 Å². The Bertz CT molecular complexity index is 1300. The zero-order valence-corrected chi connectivity index (χ0v) is 14.8. The van der Waals surface area contributed by atoms with Gasteiger partial charge in [-0.3, -0.25) is 10.1 Å². The SMILES string of the molecule is COc1cc(F)c([N+](=O)[O-])cc1Nc1nccc(-n2c(=O)oc3ccccc32)n1. The van der Waals surface area contributed by atoms with Crippen LogP contribution in [0.1, 0.15) is 0 Å². The van der Waals surface area contributed by atoms with Gasteiger partial charge >= 0.3 is 11.4 Å². The zero-order valence-electron chi connectivity index (χ0n) is 14.8. The molecule has 0 fully saturated rings. The number of fused-ring (bicyclic) bond motifs is 1. The summed E-state index contributed by atoms with van der Waals surface area (Å²) in [5, 5.41) is 13.8. The number of anilines is 2. The lowest BCUT2D eigenvalue weighted by molar-refractivity contribution is -0.387. The van der Waals surface area contributed by atoms with Crippen LogP contribution in [-0.2, 0) is 0 Å². The maximum atomic E-state index is 13.8. The number of hydrogen-bond donors (Lipinski definition) is 1. The highest BCUT2D eigenvalue weighted by Gasteiger charge is 2.20. The molecule has 0 atom stereocenters. The van der Waals surface area contributed by atoms with Gasteiger partial charge in [-0.25, -0.2) is 14.3 Å². The van der Waals surface area contributed by atoms with Crippen LogP contribution in [0.3, 0.4) is 0 Å². The molecule has 0 amide bonds. The number of rotatable bonds is 5. The van der Waals surface area contributed by atoms with E-state index in [0.717, 1.165) is 12.1 Å². The van der Waals surface area contributed by atoms with E-state index >= 15 is 0 Å². The molecule has 1 N–H and O–H groups in total. The maximum Gasteiger partial charge on any atom is 0.425 e. The van der Waals surface area contributed by atoms with Gasteiger partial charge in [-0.2, -0.15) is 9.37 Å². The van der Waals surface area contributed by atoms with Crippen molar-refractivity contribution in [3.8, 4) is 11.6 Å². The van der Waals surface area contributed by atoms with Gasteiger partial charge in [-0.05, 0) is 12.1 Å². The lowest BCUT2D eigenvalue weighted by atomic mass is 10.2. The molecule has 0 aliphatic carbocycles. The van der Waals surface area contributed by atoms with Crippen molar-refractivity contribution in [3.63, 3.8) is 0 Å². The molecule has 10 nitrogen and oxygen atoms in total. The first-order valence-electron chi connectivity index (χ1n) is 8.21. The van der Waals surface area contributed by atoms with Gasteiger partial charge in [0.15, 0.2) is 5.58 Å². The van der Waals surface area contributed by atoms with E-state index in [0.29, 0.717) is 11.1 Å². The molecule has 0 unspecified atom stereocenters. The molecular formula is C18H12FN5O5. The summed E-state index contributed by atoms with van der Waals surface area (Å²) in [6.45, 7) is 0. The van der Waals surface area contributed by atoms with Gasteiger partial charge in [0.1, 0.15) is 11.6 Å². The fraction of sp³-hybridized carbons (Fsp3) is 0.0556. The first-order valence-corrected chi connectivity index (χ1v) is 8.21. The monoisotopic (exact) mass is 397 g/mol. The minimum atomic E-state index is -1.04. The number of benzene rings is 2. The summed E-state index contributed by atoms with van der Waals surface area (Å²) in [6.07, 6.45) is 1.39. The Labute approximate surface area is 161 Å². The van der Waals surface area contributed by atoms with Gasteiger partial charge in [0, 0.05) is 24.4 Å². The normalized spacial score (nSPS) is 10.8. The lowest BCUT2D eigenvalue weighted by Crippen LogP contribution is -2.14. The number of ether oxygens (including phenoxy) is 1. The summed E-state index contributed by atoms with van der Waals surface area (Å²) in [6, 6.07) is 10.2. The highest BCUT2D eigenvalue weighted by molar-refractivity contribution is 5.74. The Balaban J connectivity index is 1.77. The van der Waals surface area contributed by atoms with Gasteiger partial charge in [0.05, 0.1) is 23.2 Å². The topological polar surface area (TPSA) is 125 Å². The summed E-state index contributed by atoms with van der Waals surface area (Å²) < 4.78 is 25.3. The molecule has 0 saturated carbocycles. The van der Waals surface area contributed by atoms with Gasteiger partial charge in [0.2, 0.25) is 11.8 Å². The van der Waals surface area contributed by atoms with Crippen LogP contribution in [0.25, 0.3) is 16.9 Å². The molecule has 0 radical (unpaired) electrons. The number of oxazole rings is 1. The first kappa shape index (κ1) is 18.1. The molecule has 4 aromatic rings. The number of para-hydroxylation sites is 2. The zero-order chi connectivity index (χ0) is 20.5. The van der Waals surface area contributed by atoms with Crippen LogP contribution < -0.4 is 15.8 Å². The van der Waals surface area contributed by atoms with E-state index < -0.39 is 22.2 Å². The molecule has 0 aliphatic rings. The van der Waals surface area contributed by atoms with Crippen molar-refractivity contribution in [2.75, 3.05) is 12.4 Å². The molecule has 2 aromatic heterocycles. The Kier molecular flexibility index (Phi) is 4.39. The quantitative estimate of drug-likeness (QED) is 0.402. The second-order valence-corrected chi connectivity index (χ2v) is 5.80. The predicted octanol–water partition coefficient (Wildman–Crippen LogP) is 3.17. The van der Waals surface area contributed by atoms with Crippen molar-refractivity contribution in [1.82, 2.24) is 14.5 Å². The molecule has 4 rings (SSSR count). The highest BCUT2D eigenvalue weighted by Crippen LogP contribution is 2.33. The maximum absolute atomic E-state index is 13.8. The smallest absolute Gasteiger partial charge is 0.425 e. The Hall–Kier alpha value is -4.28. The van der Waals surface area contributed by atoms with E-state index in [-0.39, 0.29) is 23.2 Å². The number of halogens is 1. The van der Waals surface area contributed by atoms with E-state index in [4.69, 9.17) is 9.15 Å². The number of nitrogens with zero attached hydrogens (tertiary/aromatic N) is 4. The van der Waals surface area contributed by atoms with Crippen molar-refractivity contribution in [1.29, 1.82) is 0 Å². The Morgan fingerprint density at radius 2 is 2.07 bits per heavy atom. The third-order valence-electron chi connectivity index (χ3n) is 4.07. The highest BCUT2D eigenvalue weighted by atomic mass is 19.1. The number of hydrogen-bond acceptors (Lipinski definition) is 8. The molecule has 29 heavy (non-hydrogen) atoms. The van der Waals surface area contributed by atoms with E-state index in [1.165, 1.54) is 23.9 Å². The third kappa shape index (κ3) is 3.25. The minimum Gasteiger partial charge on any atom is -0.494 e. The molecule has 2 aromatic carbocycles. The first-order chi connectivity index (χ1) is 14.0. The molecule has 11 heteroatoms. The van der Waals surface area contributed by atoms with Gasteiger partial charge in [-0.1, -0.05) is 12.1 Å². The fourth-order valence-corrected chi connectivity index (χ4v) is 2.79. The Morgan fingerprint density at radius 1 is 1.28 bits per heavy atom. The number of nitro groups is 1. The molecule has 0 bridgehead atoms. The number of nitrogens with one attached hydrogen (secondary N) is 1. The van der Waals surface area contributed by atoms with Crippen LogP contribution in [0.5, 0.6) is 5.75 Å². The average Bonchev–Trinajstić information content (AvgIpc) is 3.04. The van der Waals surface area contributed by atoms with Crippen LogP contribution in [0.15, 0.2) is 57.9 Å². The number of nitro benzene ring substituents is 1. The van der Waals surface area contributed by atoms with Crippen molar-refractivity contribution >= 4 is 28.4 Å². The molecule has 2 heterocycles. The van der Waals surface area contributed by atoms with Crippen LogP contribution >= 0.6 is 0 Å². The van der Waals surface area contributed by atoms with E-state index in [1.807, 2.05) is 0 Å². The van der Waals surface area contributed by atoms with Gasteiger partial charge < -0.3 is 14.5 Å². The minimum absolute atomic E-state index is 0.0129. The van der Waals surface area contributed by atoms with E-state index in [9.17, 15) is 19.3 Å². The van der Waals surface area contributed by atoms with Gasteiger partial charge in [0.25, 0.3) is 0 Å². The fourth-order valence-electron chi connectivity index (χ4n) is 2.79. The summed E-state index contributed by atoms with van der Waals surface area (Å²) in [5.74, 6) is -1.42. The third-order valence-corrected chi connectivity index (χ3v) is 4.07. The van der Waals surface area contributed by atoms with Crippen molar-refractivity contribution in [2.24, 2.45) is 0 Å². The predicted molar refractivity (Wildman–Crippen MR) is 100 cm³/mol. The number of aromatic nitrogens is 3. The average molecular weight is 397 g/mol. The van der Waals surface area contributed by atoms with E-state index in [2.05, 4.69) is 15.3 Å². The molecule has 0 saturated heterocycles.